The van der Waals surface area contributed by atoms with Crippen LogP contribution in [0.5, 0.6) is 0 Å². The number of Topliss-reactive ketones (excluding diaryl/α,β-unsaturated/α-hetero) is 1. The van der Waals surface area contributed by atoms with Crippen molar-refractivity contribution < 1.29 is 4.79 Å². The molecule has 0 aromatic carbocycles. The molecule has 126 valence electrons. The van der Waals surface area contributed by atoms with Gasteiger partial charge in [-0.1, -0.05) is 58.6 Å². The van der Waals surface area contributed by atoms with Crippen molar-refractivity contribution in [2.45, 2.75) is 85.6 Å². The number of rotatable bonds is 12. The van der Waals surface area contributed by atoms with Crippen molar-refractivity contribution in [3.05, 3.63) is 11.9 Å². The summed E-state index contributed by atoms with van der Waals surface area (Å²) in [6.45, 7) is 9.44. The van der Waals surface area contributed by atoms with E-state index in [1.54, 1.807) is 0 Å². The topological polar surface area (TPSA) is 47.8 Å². The fourth-order valence-electron chi connectivity index (χ4n) is 2.47. The minimum Gasteiger partial charge on any atom is -0.299 e. The summed E-state index contributed by atoms with van der Waals surface area (Å²) in [5.41, 5.74) is 1.01. The molecule has 1 rings (SSSR count). The van der Waals surface area contributed by atoms with E-state index in [2.05, 4.69) is 24.2 Å². The van der Waals surface area contributed by atoms with Gasteiger partial charge in [0, 0.05) is 25.1 Å². The first-order valence-corrected chi connectivity index (χ1v) is 8.90. The van der Waals surface area contributed by atoms with E-state index in [4.69, 9.17) is 0 Å². The quantitative estimate of drug-likeness (QED) is 0.537. The fraction of sp³-hybridized carbons (Fsp3) is 0.833. The molecule has 0 saturated carbocycles. The maximum absolute atomic E-state index is 11.6. The molecule has 0 N–H and O–H groups in total. The summed E-state index contributed by atoms with van der Waals surface area (Å²) >= 11 is 0. The minimum atomic E-state index is 0.145. The number of carbonyl (C=O) groups excluding carboxylic acids is 1. The number of carbonyl (C=O) groups is 1. The van der Waals surface area contributed by atoms with Crippen molar-refractivity contribution >= 4 is 5.78 Å². The zero-order valence-electron chi connectivity index (χ0n) is 14.8. The van der Waals surface area contributed by atoms with Crippen LogP contribution in [-0.4, -0.2) is 20.8 Å². The zero-order valence-corrected chi connectivity index (χ0v) is 14.8. The molecule has 4 heteroatoms. The van der Waals surface area contributed by atoms with E-state index in [-0.39, 0.29) is 5.92 Å². The maximum Gasteiger partial charge on any atom is 0.135 e. The molecule has 1 heterocycles. The van der Waals surface area contributed by atoms with E-state index >= 15 is 0 Å². The third kappa shape index (κ3) is 8.30. The van der Waals surface area contributed by atoms with Crippen LogP contribution in [-0.2, 0) is 17.8 Å². The lowest BCUT2D eigenvalue weighted by molar-refractivity contribution is -0.121. The van der Waals surface area contributed by atoms with Gasteiger partial charge in [0.25, 0.3) is 0 Å². The Balaban J connectivity index is 2.12. The second-order valence-corrected chi connectivity index (χ2v) is 7.04. The number of nitrogens with zero attached hydrogens (tertiary/aromatic N) is 3. The number of aryl methyl sites for hydroxylation is 2. The van der Waals surface area contributed by atoms with Gasteiger partial charge in [0.1, 0.15) is 5.78 Å². The van der Waals surface area contributed by atoms with E-state index in [1.165, 1.54) is 32.1 Å². The van der Waals surface area contributed by atoms with Gasteiger partial charge in [0.15, 0.2) is 0 Å². The Labute approximate surface area is 135 Å². The van der Waals surface area contributed by atoms with Gasteiger partial charge in [0.2, 0.25) is 0 Å². The van der Waals surface area contributed by atoms with Crippen molar-refractivity contribution in [2.75, 3.05) is 0 Å². The number of ketones is 1. The highest BCUT2D eigenvalue weighted by Gasteiger charge is 2.07. The Morgan fingerprint density at radius 2 is 1.82 bits per heavy atom. The molecule has 0 aliphatic heterocycles. The molecule has 0 spiro atoms. The Morgan fingerprint density at radius 1 is 1.09 bits per heavy atom. The summed E-state index contributed by atoms with van der Waals surface area (Å²) in [7, 11) is 0. The molecular formula is C18H33N3O. The molecule has 0 aliphatic carbocycles. The van der Waals surface area contributed by atoms with E-state index in [0.29, 0.717) is 12.2 Å². The molecule has 1 aromatic heterocycles. The van der Waals surface area contributed by atoms with Crippen LogP contribution in [0.15, 0.2) is 6.20 Å². The van der Waals surface area contributed by atoms with Crippen LogP contribution in [0.3, 0.4) is 0 Å². The molecule has 1 aromatic rings. The molecule has 0 radical (unpaired) electrons. The van der Waals surface area contributed by atoms with Crippen LogP contribution in [0.1, 0.15) is 78.3 Å². The van der Waals surface area contributed by atoms with Crippen LogP contribution < -0.4 is 0 Å². The number of hydrogen-bond donors (Lipinski definition) is 0. The Hall–Kier alpha value is -1.19. The SMILES string of the molecule is CC(C)CCCCCCn1cc(CCCC(=O)C(C)C)nn1. The van der Waals surface area contributed by atoms with Crippen molar-refractivity contribution in [1.82, 2.24) is 15.0 Å². The molecule has 0 unspecified atom stereocenters. The first-order valence-electron chi connectivity index (χ1n) is 8.90. The van der Waals surface area contributed by atoms with Gasteiger partial charge in [-0.3, -0.25) is 9.48 Å². The monoisotopic (exact) mass is 307 g/mol. The van der Waals surface area contributed by atoms with Crippen molar-refractivity contribution in [2.24, 2.45) is 11.8 Å². The van der Waals surface area contributed by atoms with E-state index in [9.17, 15) is 4.79 Å². The summed E-state index contributed by atoms with van der Waals surface area (Å²) in [6, 6.07) is 0. The van der Waals surface area contributed by atoms with Crippen molar-refractivity contribution in [3.8, 4) is 0 Å². The predicted molar refractivity (Wildman–Crippen MR) is 90.7 cm³/mol. The van der Waals surface area contributed by atoms with Crippen LogP contribution in [0.25, 0.3) is 0 Å². The van der Waals surface area contributed by atoms with Gasteiger partial charge in [0.05, 0.1) is 5.69 Å². The van der Waals surface area contributed by atoms with Gasteiger partial charge >= 0.3 is 0 Å². The molecule has 0 aliphatic rings. The highest BCUT2D eigenvalue weighted by Crippen LogP contribution is 2.10. The van der Waals surface area contributed by atoms with E-state index in [0.717, 1.165) is 31.0 Å². The summed E-state index contributed by atoms with van der Waals surface area (Å²) in [5, 5.41) is 8.37. The van der Waals surface area contributed by atoms with Crippen molar-refractivity contribution in [3.63, 3.8) is 0 Å². The lowest BCUT2D eigenvalue weighted by Crippen LogP contribution is -2.06. The second-order valence-electron chi connectivity index (χ2n) is 7.04. The Morgan fingerprint density at radius 3 is 2.50 bits per heavy atom. The van der Waals surface area contributed by atoms with Gasteiger partial charge in [-0.2, -0.15) is 0 Å². The molecule has 0 atom stereocenters. The summed E-state index contributed by atoms with van der Waals surface area (Å²) in [4.78, 5) is 11.6. The fourth-order valence-corrected chi connectivity index (χ4v) is 2.47. The van der Waals surface area contributed by atoms with Gasteiger partial charge < -0.3 is 0 Å². The van der Waals surface area contributed by atoms with Crippen molar-refractivity contribution in [1.29, 1.82) is 0 Å². The lowest BCUT2D eigenvalue weighted by Gasteiger charge is -2.04. The Bertz CT molecular complexity index is 424. The second kappa shape index (κ2) is 10.5. The van der Waals surface area contributed by atoms with Crippen LogP contribution in [0, 0.1) is 11.8 Å². The average molecular weight is 307 g/mol. The molecule has 0 fully saturated rings. The van der Waals surface area contributed by atoms with Gasteiger partial charge in [-0.15, -0.1) is 5.10 Å². The third-order valence-corrected chi connectivity index (χ3v) is 4.00. The standard InChI is InChI=1S/C18H33N3O/c1-15(2)10-7-5-6-8-13-21-14-17(19-20-21)11-9-12-18(22)16(3)4/h14-16H,5-13H2,1-4H3. The third-order valence-electron chi connectivity index (χ3n) is 4.00. The van der Waals surface area contributed by atoms with E-state index in [1.807, 2.05) is 24.7 Å². The van der Waals surface area contributed by atoms with E-state index < -0.39 is 0 Å². The van der Waals surface area contributed by atoms with Gasteiger partial charge in [-0.05, 0) is 25.2 Å². The highest BCUT2D eigenvalue weighted by atomic mass is 16.1. The van der Waals surface area contributed by atoms with Crippen LogP contribution in [0.2, 0.25) is 0 Å². The first kappa shape index (κ1) is 18.9. The number of unbranched alkanes of at least 4 members (excludes halogenated alkanes) is 3. The minimum absolute atomic E-state index is 0.145. The smallest absolute Gasteiger partial charge is 0.135 e. The first-order chi connectivity index (χ1) is 10.5. The molecule has 0 saturated heterocycles. The predicted octanol–water partition coefficient (Wildman–Crippen LogP) is 4.43. The molecule has 0 amide bonds. The van der Waals surface area contributed by atoms with Gasteiger partial charge in [-0.25, -0.2) is 0 Å². The number of hydrogen-bond acceptors (Lipinski definition) is 3. The lowest BCUT2D eigenvalue weighted by atomic mass is 10.0. The summed E-state index contributed by atoms with van der Waals surface area (Å²) in [5.74, 6) is 1.31. The largest absolute Gasteiger partial charge is 0.299 e. The van der Waals surface area contributed by atoms with Crippen LogP contribution in [0.4, 0.5) is 0 Å². The molecule has 4 nitrogen and oxygen atoms in total. The number of aromatic nitrogens is 3. The average Bonchev–Trinajstić information content (AvgIpc) is 2.90. The summed E-state index contributed by atoms with van der Waals surface area (Å²) in [6.07, 6.45) is 10.9. The Kier molecular flexibility index (Phi) is 9.02. The summed E-state index contributed by atoms with van der Waals surface area (Å²) < 4.78 is 1.95. The molecule has 0 bridgehead atoms. The maximum atomic E-state index is 11.6. The molecular weight excluding hydrogens is 274 g/mol. The normalized spacial score (nSPS) is 11.5. The van der Waals surface area contributed by atoms with Crippen LogP contribution >= 0.6 is 0 Å². The molecule has 22 heavy (non-hydrogen) atoms. The zero-order chi connectivity index (χ0) is 16.4. The highest BCUT2D eigenvalue weighted by molar-refractivity contribution is 5.80.